The molecule has 1 atom stereocenters. The zero-order valence-corrected chi connectivity index (χ0v) is 11.2. The first-order valence-electron chi connectivity index (χ1n) is 5.78. The summed E-state index contributed by atoms with van der Waals surface area (Å²) in [4.78, 5) is 11.8. The normalized spacial score (nSPS) is 11.2. The molecule has 0 heterocycles. The highest BCUT2D eigenvalue weighted by Crippen LogP contribution is 2.12. The highest BCUT2D eigenvalue weighted by Gasteiger charge is 2.16. The topological polar surface area (TPSA) is 52.3 Å². The average Bonchev–Trinajstić information content (AvgIpc) is 2.46. The van der Waals surface area contributed by atoms with E-state index < -0.39 is 12.0 Å². The third kappa shape index (κ3) is 4.39. The monoisotopic (exact) mass is 277 g/mol. The smallest absolute Gasteiger partial charge is 0.327 e. The van der Waals surface area contributed by atoms with Crippen LogP contribution in [0.3, 0.4) is 0 Å². The molecule has 4 heteroatoms. The van der Waals surface area contributed by atoms with E-state index in [1.807, 2.05) is 60.7 Å². The predicted octanol–water partition coefficient (Wildman–Crippen LogP) is 2.85. The van der Waals surface area contributed by atoms with Crippen LogP contribution in [-0.4, -0.2) is 5.97 Å². The van der Waals surface area contributed by atoms with Crippen LogP contribution in [0.15, 0.2) is 60.7 Å². The summed E-state index contributed by atoms with van der Waals surface area (Å²) >= 11 is 0. The lowest BCUT2D eigenvalue weighted by Crippen LogP contribution is -2.23. The molecule has 0 spiro atoms. The van der Waals surface area contributed by atoms with Gasteiger partial charge < -0.3 is 10.5 Å². The van der Waals surface area contributed by atoms with Crippen molar-refractivity contribution in [1.82, 2.24) is 0 Å². The molecule has 0 amide bonds. The summed E-state index contributed by atoms with van der Waals surface area (Å²) in [6.07, 6.45) is 0. The molecule has 0 aliphatic rings. The molecule has 0 unspecified atom stereocenters. The Hall–Kier alpha value is -1.84. The van der Waals surface area contributed by atoms with Crippen molar-refractivity contribution in [1.29, 1.82) is 0 Å². The maximum Gasteiger partial charge on any atom is 0.327 e. The van der Waals surface area contributed by atoms with Crippen LogP contribution in [0, 0.1) is 0 Å². The molecule has 0 radical (unpaired) electrons. The summed E-state index contributed by atoms with van der Waals surface area (Å²) in [6.45, 7) is 0.250. The Morgan fingerprint density at radius 2 is 1.53 bits per heavy atom. The Morgan fingerprint density at radius 1 is 1.00 bits per heavy atom. The average molecular weight is 278 g/mol. The molecule has 0 aliphatic carbocycles. The van der Waals surface area contributed by atoms with Crippen LogP contribution in [0.2, 0.25) is 0 Å². The molecule has 19 heavy (non-hydrogen) atoms. The van der Waals surface area contributed by atoms with Gasteiger partial charge in [-0.15, -0.1) is 12.4 Å². The minimum atomic E-state index is -0.727. The molecule has 100 valence electrons. The van der Waals surface area contributed by atoms with Crippen LogP contribution in [0.4, 0.5) is 0 Å². The zero-order chi connectivity index (χ0) is 12.8. The highest BCUT2D eigenvalue weighted by molar-refractivity contribution is 5.85. The van der Waals surface area contributed by atoms with Crippen LogP contribution in [0.1, 0.15) is 17.2 Å². The van der Waals surface area contributed by atoms with Gasteiger partial charge in [0.1, 0.15) is 12.6 Å². The van der Waals surface area contributed by atoms with Crippen LogP contribution in [0.25, 0.3) is 0 Å². The van der Waals surface area contributed by atoms with E-state index in [4.69, 9.17) is 10.5 Å². The molecule has 2 aromatic carbocycles. The summed E-state index contributed by atoms with van der Waals surface area (Å²) < 4.78 is 5.18. The van der Waals surface area contributed by atoms with E-state index in [0.29, 0.717) is 0 Å². The maximum atomic E-state index is 11.8. The van der Waals surface area contributed by atoms with Crippen LogP contribution in [0.5, 0.6) is 0 Å². The fourth-order valence-corrected chi connectivity index (χ4v) is 1.61. The Bertz CT molecular complexity index is 502. The van der Waals surface area contributed by atoms with Crippen molar-refractivity contribution >= 4 is 18.4 Å². The Labute approximate surface area is 118 Å². The minimum absolute atomic E-state index is 0. The lowest BCUT2D eigenvalue weighted by atomic mass is 10.1. The molecular formula is C15H16ClNO2. The summed E-state index contributed by atoms with van der Waals surface area (Å²) in [5.74, 6) is -0.412. The second kappa shape index (κ2) is 7.56. The van der Waals surface area contributed by atoms with Gasteiger partial charge in [-0.3, -0.25) is 0 Å². The summed E-state index contributed by atoms with van der Waals surface area (Å²) in [7, 11) is 0. The minimum Gasteiger partial charge on any atom is -0.459 e. The number of hydrogen-bond donors (Lipinski definition) is 1. The number of carbonyl (C=O) groups is 1. The second-order valence-corrected chi connectivity index (χ2v) is 3.98. The largest absolute Gasteiger partial charge is 0.459 e. The zero-order valence-electron chi connectivity index (χ0n) is 10.4. The predicted molar refractivity (Wildman–Crippen MR) is 76.9 cm³/mol. The van der Waals surface area contributed by atoms with Gasteiger partial charge in [0, 0.05) is 0 Å². The quantitative estimate of drug-likeness (QED) is 0.875. The van der Waals surface area contributed by atoms with E-state index in [1.165, 1.54) is 0 Å². The maximum absolute atomic E-state index is 11.8. The lowest BCUT2D eigenvalue weighted by molar-refractivity contribution is -0.146. The highest BCUT2D eigenvalue weighted by atomic mass is 35.5. The molecule has 2 aromatic rings. The van der Waals surface area contributed by atoms with Crippen molar-refractivity contribution in [2.75, 3.05) is 0 Å². The van der Waals surface area contributed by atoms with E-state index >= 15 is 0 Å². The molecule has 2 rings (SSSR count). The molecule has 3 nitrogen and oxygen atoms in total. The lowest BCUT2D eigenvalue weighted by Gasteiger charge is -2.11. The second-order valence-electron chi connectivity index (χ2n) is 3.98. The van der Waals surface area contributed by atoms with Gasteiger partial charge in [-0.25, -0.2) is 4.79 Å². The van der Waals surface area contributed by atoms with Gasteiger partial charge in [0.2, 0.25) is 0 Å². The molecule has 0 aromatic heterocycles. The van der Waals surface area contributed by atoms with Crippen LogP contribution in [-0.2, 0) is 16.1 Å². The third-order valence-electron chi connectivity index (χ3n) is 2.64. The molecule has 0 aliphatic heterocycles. The number of nitrogens with two attached hydrogens (primary N) is 1. The molecular weight excluding hydrogens is 262 g/mol. The van der Waals surface area contributed by atoms with Gasteiger partial charge in [0.05, 0.1) is 0 Å². The van der Waals surface area contributed by atoms with E-state index in [0.717, 1.165) is 11.1 Å². The number of carbonyl (C=O) groups excluding carboxylic acids is 1. The molecule has 2 N–H and O–H groups in total. The van der Waals surface area contributed by atoms with Crippen LogP contribution >= 0.6 is 12.4 Å². The van der Waals surface area contributed by atoms with Gasteiger partial charge in [0.15, 0.2) is 0 Å². The Morgan fingerprint density at radius 3 is 2.11 bits per heavy atom. The first kappa shape index (κ1) is 15.2. The summed E-state index contributed by atoms with van der Waals surface area (Å²) in [5.41, 5.74) is 7.54. The summed E-state index contributed by atoms with van der Waals surface area (Å²) in [5, 5.41) is 0. The van der Waals surface area contributed by atoms with E-state index in [-0.39, 0.29) is 19.0 Å². The number of esters is 1. The fraction of sp³-hybridized carbons (Fsp3) is 0.133. The third-order valence-corrected chi connectivity index (χ3v) is 2.64. The first-order valence-corrected chi connectivity index (χ1v) is 5.78. The van der Waals surface area contributed by atoms with Gasteiger partial charge >= 0.3 is 5.97 Å². The number of halogens is 1. The Balaban J connectivity index is 0.00000180. The number of hydrogen-bond acceptors (Lipinski definition) is 3. The van der Waals surface area contributed by atoms with Gasteiger partial charge in [-0.2, -0.15) is 0 Å². The van der Waals surface area contributed by atoms with Crippen molar-refractivity contribution < 1.29 is 9.53 Å². The summed E-state index contributed by atoms with van der Waals surface area (Å²) in [6, 6.07) is 18.0. The standard InChI is InChI=1S/C15H15NO2.ClH/c16-14(13-9-5-2-6-10-13)15(17)18-11-12-7-3-1-4-8-12;/h1-10,14H,11,16H2;1H/t14-;/m0./s1. The SMILES string of the molecule is Cl.N[C@H](C(=O)OCc1ccccc1)c1ccccc1. The van der Waals surface area contributed by atoms with E-state index in [1.54, 1.807) is 0 Å². The van der Waals surface area contributed by atoms with Gasteiger partial charge in [-0.1, -0.05) is 60.7 Å². The van der Waals surface area contributed by atoms with Crippen molar-refractivity contribution in [3.63, 3.8) is 0 Å². The fourth-order valence-electron chi connectivity index (χ4n) is 1.61. The van der Waals surface area contributed by atoms with Crippen molar-refractivity contribution in [3.8, 4) is 0 Å². The number of benzene rings is 2. The molecule has 0 saturated heterocycles. The van der Waals surface area contributed by atoms with Crippen LogP contribution < -0.4 is 5.73 Å². The molecule has 0 fully saturated rings. The number of ether oxygens (including phenoxy) is 1. The van der Waals surface area contributed by atoms with E-state index in [2.05, 4.69) is 0 Å². The van der Waals surface area contributed by atoms with E-state index in [9.17, 15) is 4.79 Å². The number of rotatable bonds is 4. The first-order chi connectivity index (χ1) is 8.77. The van der Waals surface area contributed by atoms with Crippen molar-refractivity contribution in [2.45, 2.75) is 12.6 Å². The van der Waals surface area contributed by atoms with Crippen molar-refractivity contribution in [3.05, 3.63) is 71.8 Å². The van der Waals surface area contributed by atoms with Crippen molar-refractivity contribution in [2.24, 2.45) is 5.73 Å². The van der Waals surface area contributed by atoms with Gasteiger partial charge in [0.25, 0.3) is 0 Å². The molecule has 0 saturated carbocycles. The van der Waals surface area contributed by atoms with Gasteiger partial charge in [-0.05, 0) is 11.1 Å². The molecule has 0 bridgehead atoms. The Kier molecular flexibility index (Phi) is 6.06.